The van der Waals surface area contributed by atoms with Crippen molar-refractivity contribution in [3.05, 3.63) is 30.1 Å². The Morgan fingerprint density at radius 1 is 1.09 bits per heavy atom. The molecule has 1 aromatic carbocycles. The Morgan fingerprint density at radius 2 is 1.84 bits per heavy atom. The molecular formula is C26H35N5O. The number of fused-ring (bicyclic) bond motifs is 1. The van der Waals surface area contributed by atoms with Crippen molar-refractivity contribution in [1.29, 1.82) is 0 Å². The number of amides is 1. The Balaban J connectivity index is 1.22. The van der Waals surface area contributed by atoms with Crippen LogP contribution >= 0.6 is 0 Å². The summed E-state index contributed by atoms with van der Waals surface area (Å²) in [5.74, 6) is 4.16. The van der Waals surface area contributed by atoms with E-state index in [-0.39, 0.29) is 5.41 Å². The smallest absolute Gasteiger partial charge is 0.230 e. The molecule has 7 aliphatic carbocycles. The number of carbonyl (C=O) groups excluding carboxylic acids is 1. The van der Waals surface area contributed by atoms with E-state index in [4.69, 9.17) is 9.97 Å². The van der Waals surface area contributed by atoms with Gasteiger partial charge in [-0.15, -0.1) is 0 Å². The number of para-hydroxylation sites is 1. The molecule has 6 nitrogen and oxygen atoms in total. The Labute approximate surface area is 190 Å². The van der Waals surface area contributed by atoms with Gasteiger partial charge in [-0.05, 0) is 94.5 Å². The van der Waals surface area contributed by atoms with Crippen LogP contribution in [0.3, 0.4) is 0 Å². The van der Waals surface area contributed by atoms with Crippen LogP contribution in [-0.4, -0.2) is 59.9 Å². The van der Waals surface area contributed by atoms with E-state index >= 15 is 0 Å². The summed E-state index contributed by atoms with van der Waals surface area (Å²) in [6, 6.07) is 8.16. The molecule has 7 aliphatic rings. The van der Waals surface area contributed by atoms with Crippen molar-refractivity contribution < 1.29 is 4.79 Å². The maximum Gasteiger partial charge on any atom is 0.230 e. The highest BCUT2D eigenvalue weighted by atomic mass is 16.2. The van der Waals surface area contributed by atoms with Crippen molar-refractivity contribution in [3.63, 3.8) is 0 Å². The summed E-state index contributed by atoms with van der Waals surface area (Å²) in [7, 11) is 6.16. The van der Waals surface area contributed by atoms with E-state index in [1.807, 2.05) is 30.1 Å². The van der Waals surface area contributed by atoms with Gasteiger partial charge in [0.25, 0.3) is 0 Å². The number of aromatic nitrogens is 2. The SMILES string of the molecule is CN(C)CCCNc1nc(CN(C)C(=O)C23[C@@H]4CC5C[C@H]2CC3(C5)C4)nc2ccccc12. The lowest BCUT2D eigenvalue weighted by Crippen LogP contribution is -2.81. The maximum absolute atomic E-state index is 13.8. The first-order valence-corrected chi connectivity index (χ1v) is 12.3. The number of nitrogens with one attached hydrogen (secondary N) is 1. The third-order valence-electron chi connectivity index (χ3n) is 9.16. The lowest BCUT2D eigenvalue weighted by Gasteiger charge is -2.83. The van der Waals surface area contributed by atoms with Crippen molar-refractivity contribution in [3.8, 4) is 0 Å². The first-order valence-electron chi connectivity index (χ1n) is 12.3. The molecule has 6 heteroatoms. The Bertz CT molecular complexity index is 1050. The average Bonchev–Trinajstić information content (AvgIpc) is 2.75. The van der Waals surface area contributed by atoms with Gasteiger partial charge in [0.05, 0.1) is 17.5 Å². The summed E-state index contributed by atoms with van der Waals surface area (Å²) >= 11 is 0. The molecule has 2 aromatic rings. The zero-order valence-electron chi connectivity index (χ0n) is 19.6. The summed E-state index contributed by atoms with van der Waals surface area (Å²) < 4.78 is 0. The fraction of sp³-hybridized carbons (Fsp3) is 0.654. The van der Waals surface area contributed by atoms with Gasteiger partial charge in [-0.25, -0.2) is 9.97 Å². The Hall–Kier alpha value is -2.21. The fourth-order valence-corrected chi connectivity index (χ4v) is 8.23. The molecule has 1 spiro atoms. The monoisotopic (exact) mass is 433 g/mol. The number of nitrogens with zero attached hydrogens (tertiary/aromatic N) is 4. The van der Waals surface area contributed by atoms with Crippen LogP contribution in [0.15, 0.2) is 24.3 Å². The van der Waals surface area contributed by atoms with Crippen molar-refractivity contribution in [1.82, 2.24) is 19.8 Å². The summed E-state index contributed by atoms with van der Waals surface area (Å²) in [5.41, 5.74) is 1.24. The van der Waals surface area contributed by atoms with Crippen molar-refractivity contribution in [2.24, 2.45) is 28.6 Å². The van der Waals surface area contributed by atoms with Gasteiger partial charge in [-0.1, -0.05) is 12.1 Å². The average molecular weight is 434 g/mol. The van der Waals surface area contributed by atoms with Gasteiger partial charge in [0.1, 0.15) is 5.82 Å². The third-order valence-corrected chi connectivity index (χ3v) is 9.16. The molecule has 7 fully saturated rings. The van der Waals surface area contributed by atoms with Gasteiger partial charge in [-0.2, -0.15) is 0 Å². The predicted octanol–water partition coefficient (Wildman–Crippen LogP) is 3.78. The van der Waals surface area contributed by atoms with E-state index in [1.54, 1.807) is 0 Å². The van der Waals surface area contributed by atoms with Crippen LogP contribution in [0.1, 0.15) is 44.3 Å². The van der Waals surface area contributed by atoms with Crippen molar-refractivity contribution >= 4 is 22.6 Å². The minimum Gasteiger partial charge on any atom is -0.369 e. The Morgan fingerprint density at radius 3 is 2.56 bits per heavy atom. The molecule has 1 N–H and O–H groups in total. The van der Waals surface area contributed by atoms with E-state index < -0.39 is 0 Å². The first kappa shape index (κ1) is 20.4. The molecule has 1 aromatic heterocycles. The van der Waals surface area contributed by atoms with Gasteiger partial charge in [0.15, 0.2) is 5.82 Å². The number of hydrogen-bond donors (Lipinski definition) is 1. The van der Waals surface area contributed by atoms with Gasteiger partial charge in [-0.3, -0.25) is 4.79 Å². The molecule has 3 unspecified atom stereocenters. The van der Waals surface area contributed by atoms with E-state index in [1.165, 1.54) is 32.1 Å². The molecule has 0 aliphatic heterocycles. The molecule has 9 rings (SSSR count). The molecule has 32 heavy (non-hydrogen) atoms. The topological polar surface area (TPSA) is 61.4 Å². The molecule has 0 radical (unpaired) electrons. The maximum atomic E-state index is 13.8. The van der Waals surface area contributed by atoms with Gasteiger partial charge >= 0.3 is 0 Å². The Kier molecular flexibility index (Phi) is 4.55. The molecular weight excluding hydrogens is 398 g/mol. The number of carbonyl (C=O) groups is 1. The van der Waals surface area contributed by atoms with Crippen molar-refractivity contribution in [2.75, 3.05) is 39.5 Å². The van der Waals surface area contributed by atoms with E-state index in [9.17, 15) is 4.79 Å². The van der Waals surface area contributed by atoms with E-state index in [0.717, 1.165) is 48.0 Å². The number of hydrogen-bond acceptors (Lipinski definition) is 5. The van der Waals surface area contributed by atoms with Crippen LogP contribution in [0, 0.1) is 28.6 Å². The second-order valence-electron chi connectivity index (χ2n) is 11.2. The van der Waals surface area contributed by atoms with Crippen LogP contribution in [-0.2, 0) is 11.3 Å². The number of anilines is 1. The van der Waals surface area contributed by atoms with E-state index in [2.05, 4.69) is 30.4 Å². The van der Waals surface area contributed by atoms with Crippen LogP contribution in [0.4, 0.5) is 5.82 Å². The molecule has 7 saturated carbocycles. The van der Waals surface area contributed by atoms with Crippen LogP contribution in [0.25, 0.3) is 10.9 Å². The third kappa shape index (κ3) is 2.71. The predicted molar refractivity (Wildman–Crippen MR) is 126 cm³/mol. The zero-order chi connectivity index (χ0) is 22.1. The van der Waals surface area contributed by atoms with Crippen LogP contribution in [0.2, 0.25) is 0 Å². The molecule has 1 heterocycles. The van der Waals surface area contributed by atoms with Gasteiger partial charge in [0, 0.05) is 19.0 Å². The minimum atomic E-state index is -0.0411. The molecule has 170 valence electrons. The van der Waals surface area contributed by atoms with E-state index in [0.29, 0.717) is 29.7 Å². The summed E-state index contributed by atoms with van der Waals surface area (Å²) in [4.78, 5) is 27.7. The van der Waals surface area contributed by atoms with Crippen LogP contribution < -0.4 is 5.32 Å². The molecule has 5 atom stereocenters. The lowest BCUT2D eigenvalue weighted by molar-refractivity contribution is -0.338. The lowest BCUT2D eigenvalue weighted by atomic mass is 9.20. The molecule has 1 amide bonds. The van der Waals surface area contributed by atoms with Crippen LogP contribution in [0.5, 0.6) is 0 Å². The highest BCUT2D eigenvalue weighted by molar-refractivity contribution is 5.89. The summed E-state index contributed by atoms with van der Waals surface area (Å²) in [6.45, 7) is 2.38. The molecule has 5 bridgehead atoms. The number of benzene rings is 1. The second kappa shape index (κ2) is 7.14. The molecule has 0 saturated heterocycles. The van der Waals surface area contributed by atoms with Gasteiger partial charge in [0.2, 0.25) is 5.91 Å². The van der Waals surface area contributed by atoms with Crippen molar-refractivity contribution in [2.45, 2.75) is 45.1 Å². The highest BCUT2D eigenvalue weighted by Crippen LogP contribution is 2.86. The standard InChI is InChI=1S/C26H35N5O/c1-30(2)10-6-9-27-23-20-7-4-5-8-21(20)28-22(29-23)16-31(3)24(32)26-18-11-17-12-19(26)15-25(26,13-17)14-18/h4-5,7-8,17-19H,6,9-16H2,1-3H3,(H,27,28,29)/t17?,18-,19+,25?,26?. The fourth-order valence-electron chi connectivity index (χ4n) is 8.23. The second-order valence-corrected chi connectivity index (χ2v) is 11.2. The zero-order valence-corrected chi connectivity index (χ0v) is 19.6. The van der Waals surface area contributed by atoms with Gasteiger partial charge < -0.3 is 15.1 Å². The normalized spacial score (nSPS) is 33.7. The minimum absolute atomic E-state index is 0.0411. The number of rotatable bonds is 8. The largest absolute Gasteiger partial charge is 0.369 e. The quantitative estimate of drug-likeness (QED) is 0.642. The summed E-state index contributed by atoms with van der Waals surface area (Å²) in [6.07, 6.45) is 7.51. The first-order chi connectivity index (χ1) is 15.4. The summed E-state index contributed by atoms with van der Waals surface area (Å²) in [5, 5.41) is 4.56. The highest BCUT2D eigenvalue weighted by Gasteiger charge is 2.83.